The summed E-state index contributed by atoms with van der Waals surface area (Å²) in [6.07, 6.45) is 0. The number of aromatic nitrogens is 3. The molecule has 1 N–H and O–H groups in total. The van der Waals surface area contributed by atoms with E-state index in [1.54, 1.807) is 12.1 Å². The van der Waals surface area contributed by atoms with Gasteiger partial charge in [0.05, 0.1) is 12.1 Å². The predicted molar refractivity (Wildman–Crippen MR) is 70.2 cm³/mol. The lowest BCUT2D eigenvalue weighted by Crippen LogP contribution is -2.13. The largest absolute Gasteiger partial charge is 0.466 e. The van der Waals surface area contributed by atoms with Gasteiger partial charge in [-0.1, -0.05) is 33.1 Å². The minimum absolute atomic E-state index is 0.0616. The van der Waals surface area contributed by atoms with E-state index in [1.165, 1.54) is 13.2 Å². The van der Waals surface area contributed by atoms with Gasteiger partial charge in [0.25, 0.3) is 0 Å². The fourth-order valence-corrected chi connectivity index (χ4v) is 1.86. The van der Waals surface area contributed by atoms with Gasteiger partial charge in [0.2, 0.25) is 5.82 Å². The van der Waals surface area contributed by atoms with E-state index in [2.05, 4.69) is 14.8 Å². The van der Waals surface area contributed by atoms with Gasteiger partial charge in [0, 0.05) is 10.6 Å². The summed E-state index contributed by atoms with van der Waals surface area (Å²) in [5.41, 5.74) is 0.416. The van der Waals surface area contributed by atoms with Gasteiger partial charge in [-0.3, -0.25) is 0 Å². The van der Waals surface area contributed by atoms with Crippen molar-refractivity contribution in [3.8, 4) is 17.4 Å². The first-order chi connectivity index (χ1) is 9.51. The van der Waals surface area contributed by atoms with Crippen LogP contribution in [0.15, 0.2) is 18.2 Å². The van der Waals surface area contributed by atoms with Crippen LogP contribution in [0.5, 0.6) is 6.01 Å². The average Bonchev–Trinajstić information content (AvgIpc) is 2.77. The molecule has 0 amide bonds. The second kappa shape index (κ2) is 5.98. The number of hydrogen-bond donors (Lipinski definition) is 1. The van der Waals surface area contributed by atoms with Gasteiger partial charge in [-0.2, -0.15) is 4.98 Å². The maximum Gasteiger partial charge on any atom is 0.344 e. The van der Waals surface area contributed by atoms with E-state index < -0.39 is 5.97 Å². The molecule has 2 rings (SSSR count). The number of rotatable bonds is 4. The van der Waals surface area contributed by atoms with E-state index in [4.69, 9.17) is 27.9 Å². The molecule has 0 aliphatic heterocycles. The molecule has 0 fully saturated rings. The predicted octanol–water partition coefficient (Wildman–Crippen LogP) is 2.04. The zero-order valence-corrected chi connectivity index (χ0v) is 11.7. The highest BCUT2D eigenvalue weighted by atomic mass is 35.5. The van der Waals surface area contributed by atoms with Crippen LogP contribution >= 0.6 is 23.2 Å². The Balaban J connectivity index is 2.25. The Hall–Kier alpha value is -1.99. The van der Waals surface area contributed by atoms with E-state index >= 15 is 0 Å². The van der Waals surface area contributed by atoms with Crippen molar-refractivity contribution in [2.24, 2.45) is 0 Å². The molecular weight excluding hydrogens is 309 g/mol. The number of hydrogen-bond acceptors (Lipinski definition) is 6. The van der Waals surface area contributed by atoms with Crippen molar-refractivity contribution in [3.63, 3.8) is 0 Å². The third-order valence-electron chi connectivity index (χ3n) is 2.29. The Bertz CT molecular complexity index is 645. The maximum absolute atomic E-state index is 10.9. The van der Waals surface area contributed by atoms with E-state index in [-0.39, 0.29) is 18.4 Å². The molecule has 0 saturated carbocycles. The second-order valence-corrected chi connectivity index (χ2v) is 4.44. The number of esters is 1. The van der Waals surface area contributed by atoms with Crippen LogP contribution in [0.2, 0.25) is 10.0 Å². The highest BCUT2D eigenvalue weighted by Crippen LogP contribution is 2.29. The van der Waals surface area contributed by atoms with Gasteiger partial charge in [0.1, 0.15) is 0 Å². The van der Waals surface area contributed by atoms with E-state index in [9.17, 15) is 10.0 Å². The molecule has 1 aromatic carbocycles. The van der Waals surface area contributed by atoms with Crippen LogP contribution in [0.1, 0.15) is 0 Å². The summed E-state index contributed by atoms with van der Waals surface area (Å²) in [6, 6.07) is 4.49. The lowest BCUT2D eigenvalue weighted by atomic mass is 10.2. The summed E-state index contributed by atoms with van der Waals surface area (Å²) < 4.78 is 9.36. The number of carbonyl (C=O) groups excluding carboxylic acids is 1. The molecule has 106 valence electrons. The normalized spacial score (nSPS) is 10.3. The molecular formula is C11H9Cl2N3O4. The van der Waals surface area contributed by atoms with Gasteiger partial charge >= 0.3 is 12.0 Å². The lowest BCUT2D eigenvalue weighted by molar-refractivity contribution is -0.143. The average molecular weight is 318 g/mol. The molecule has 0 spiro atoms. The van der Waals surface area contributed by atoms with Crippen LogP contribution in [-0.2, 0) is 9.53 Å². The van der Waals surface area contributed by atoms with Crippen molar-refractivity contribution < 1.29 is 19.5 Å². The first-order valence-electron chi connectivity index (χ1n) is 5.32. The van der Waals surface area contributed by atoms with Gasteiger partial charge in [-0.05, 0) is 18.2 Å². The minimum Gasteiger partial charge on any atom is -0.466 e. The zero-order valence-electron chi connectivity index (χ0n) is 10.2. The molecule has 7 nitrogen and oxygen atoms in total. The van der Waals surface area contributed by atoms with E-state index in [0.29, 0.717) is 20.5 Å². The van der Waals surface area contributed by atoms with Gasteiger partial charge in [0.15, 0.2) is 6.61 Å². The highest BCUT2D eigenvalue weighted by molar-refractivity contribution is 6.36. The van der Waals surface area contributed by atoms with Crippen LogP contribution in [0.25, 0.3) is 11.4 Å². The summed E-state index contributed by atoms with van der Waals surface area (Å²) in [4.78, 5) is 15.4. The Kier molecular flexibility index (Phi) is 4.31. The molecule has 9 heteroatoms. The minimum atomic E-state index is -0.592. The van der Waals surface area contributed by atoms with Gasteiger partial charge < -0.3 is 14.7 Å². The third-order valence-corrected chi connectivity index (χ3v) is 2.84. The summed E-state index contributed by atoms with van der Waals surface area (Å²) in [5.74, 6) is -0.531. The van der Waals surface area contributed by atoms with Gasteiger partial charge in [-0.15, -0.1) is 0 Å². The summed E-state index contributed by atoms with van der Waals surface area (Å²) >= 11 is 11.8. The number of nitrogens with zero attached hydrogens (tertiary/aromatic N) is 3. The molecule has 0 bridgehead atoms. The molecule has 1 aromatic heterocycles. The molecule has 0 radical (unpaired) electrons. The first kappa shape index (κ1) is 14.4. The summed E-state index contributed by atoms with van der Waals surface area (Å²) in [5, 5.41) is 14.0. The van der Waals surface area contributed by atoms with Crippen molar-refractivity contribution in [3.05, 3.63) is 28.2 Å². The Labute approximate surface area is 123 Å². The molecule has 0 aliphatic carbocycles. The number of benzene rings is 1. The monoisotopic (exact) mass is 317 g/mol. The van der Waals surface area contributed by atoms with Crippen molar-refractivity contribution in [2.75, 3.05) is 13.7 Å². The number of carbonyl (C=O) groups is 1. The fourth-order valence-electron chi connectivity index (χ4n) is 1.37. The quantitative estimate of drug-likeness (QED) is 0.686. The Morgan fingerprint density at radius 2 is 2.20 bits per heavy atom. The molecule has 0 saturated heterocycles. The van der Waals surface area contributed by atoms with Crippen LogP contribution in [0, 0.1) is 0 Å². The lowest BCUT2D eigenvalue weighted by Gasteiger charge is -2.01. The first-order valence-corrected chi connectivity index (χ1v) is 6.08. The number of methoxy groups -OCH3 is 1. The van der Waals surface area contributed by atoms with Crippen LogP contribution in [0.4, 0.5) is 0 Å². The summed E-state index contributed by atoms with van der Waals surface area (Å²) in [6.45, 7) is -0.367. The molecule has 0 atom stereocenters. The van der Waals surface area contributed by atoms with Crippen molar-refractivity contribution in [1.82, 2.24) is 14.9 Å². The van der Waals surface area contributed by atoms with Crippen LogP contribution in [0.3, 0.4) is 0 Å². The number of ether oxygens (including phenoxy) is 2. The zero-order chi connectivity index (χ0) is 14.7. The Morgan fingerprint density at radius 3 is 2.85 bits per heavy atom. The van der Waals surface area contributed by atoms with Gasteiger partial charge in [-0.25, -0.2) is 4.79 Å². The highest BCUT2D eigenvalue weighted by Gasteiger charge is 2.16. The standard InChI is InChI=1S/C11H9Cl2N3O4/c1-19-9(17)5-20-11-14-10(16(18)15-11)7-3-2-6(12)4-8(7)13/h2-4,18H,5H2,1H3. The second-order valence-electron chi connectivity index (χ2n) is 3.60. The fraction of sp³-hybridized carbons (Fsp3) is 0.182. The molecule has 0 aliphatic rings. The van der Waals surface area contributed by atoms with Crippen molar-refractivity contribution in [2.45, 2.75) is 0 Å². The molecule has 0 unspecified atom stereocenters. The van der Waals surface area contributed by atoms with Crippen LogP contribution in [-0.4, -0.2) is 39.8 Å². The van der Waals surface area contributed by atoms with Crippen molar-refractivity contribution in [1.29, 1.82) is 0 Å². The van der Waals surface area contributed by atoms with Crippen LogP contribution < -0.4 is 4.74 Å². The third kappa shape index (κ3) is 3.12. The summed E-state index contributed by atoms with van der Waals surface area (Å²) in [7, 11) is 1.22. The molecule has 1 heterocycles. The SMILES string of the molecule is COC(=O)COc1nc(-c2ccc(Cl)cc2Cl)n(O)n1. The maximum atomic E-state index is 10.9. The molecule has 20 heavy (non-hydrogen) atoms. The molecule has 2 aromatic rings. The van der Waals surface area contributed by atoms with Crippen molar-refractivity contribution >= 4 is 29.2 Å². The van der Waals surface area contributed by atoms with E-state index in [0.717, 1.165) is 0 Å². The Morgan fingerprint density at radius 1 is 1.45 bits per heavy atom. The number of halogens is 2. The smallest absolute Gasteiger partial charge is 0.344 e. The van der Waals surface area contributed by atoms with E-state index in [1.807, 2.05) is 0 Å². The topological polar surface area (TPSA) is 86.5 Å².